The third kappa shape index (κ3) is 3.82. The minimum absolute atomic E-state index is 0.268. The molecular weight excluding hydrogens is 380 g/mol. The Labute approximate surface area is 177 Å². The van der Waals surface area contributed by atoms with Gasteiger partial charge in [-0.3, -0.25) is 14.5 Å². The zero-order chi connectivity index (χ0) is 21.9. The van der Waals surface area contributed by atoms with Crippen LogP contribution < -0.4 is 10.1 Å². The molecule has 1 saturated heterocycles. The molecule has 2 aromatic carbocycles. The minimum Gasteiger partial charge on any atom is -0.497 e. The van der Waals surface area contributed by atoms with E-state index in [1.807, 2.05) is 19.1 Å². The molecule has 1 aliphatic rings. The summed E-state index contributed by atoms with van der Waals surface area (Å²) in [6.45, 7) is 5.80. The van der Waals surface area contributed by atoms with Crippen molar-refractivity contribution in [3.63, 3.8) is 0 Å². The summed E-state index contributed by atoms with van der Waals surface area (Å²) in [5, 5.41) is 2.80. The number of methoxy groups -OCH3 is 1. The number of ketones is 1. The number of amides is 3. The first-order valence-corrected chi connectivity index (χ1v) is 10.3. The second kappa shape index (κ2) is 8.69. The van der Waals surface area contributed by atoms with Crippen LogP contribution in [-0.2, 0) is 10.3 Å². The van der Waals surface area contributed by atoms with Crippen molar-refractivity contribution in [2.75, 3.05) is 13.7 Å². The van der Waals surface area contributed by atoms with Crippen LogP contribution in [0.2, 0.25) is 0 Å². The number of rotatable bonds is 8. The highest BCUT2D eigenvalue weighted by Gasteiger charge is 2.51. The fraction of sp³-hybridized carbons (Fsp3) is 0.375. The molecule has 0 radical (unpaired) electrons. The number of benzene rings is 2. The Morgan fingerprint density at radius 2 is 1.70 bits per heavy atom. The van der Waals surface area contributed by atoms with Gasteiger partial charge in [-0.1, -0.05) is 57.2 Å². The molecule has 0 aliphatic carbocycles. The van der Waals surface area contributed by atoms with Gasteiger partial charge in [0.25, 0.3) is 5.91 Å². The zero-order valence-corrected chi connectivity index (χ0v) is 17.9. The Morgan fingerprint density at radius 3 is 2.23 bits per heavy atom. The van der Waals surface area contributed by atoms with Gasteiger partial charge in [0.2, 0.25) is 0 Å². The molecule has 3 amide bonds. The van der Waals surface area contributed by atoms with E-state index in [0.717, 1.165) is 16.9 Å². The predicted molar refractivity (Wildman–Crippen MR) is 115 cm³/mol. The van der Waals surface area contributed by atoms with Crippen molar-refractivity contribution in [3.05, 3.63) is 65.2 Å². The zero-order valence-electron chi connectivity index (χ0n) is 17.9. The summed E-state index contributed by atoms with van der Waals surface area (Å²) in [4.78, 5) is 39.6. The lowest BCUT2D eigenvalue weighted by Gasteiger charge is -2.26. The number of nitrogens with zero attached hydrogens (tertiary/aromatic N) is 1. The second-order valence-corrected chi connectivity index (χ2v) is 7.66. The maximum Gasteiger partial charge on any atom is 0.325 e. The van der Waals surface area contributed by atoms with Crippen molar-refractivity contribution in [2.45, 2.75) is 45.1 Å². The van der Waals surface area contributed by atoms with Crippen LogP contribution in [0.1, 0.15) is 61.0 Å². The van der Waals surface area contributed by atoms with Crippen LogP contribution in [0.5, 0.6) is 5.75 Å². The van der Waals surface area contributed by atoms with Gasteiger partial charge in [-0.2, -0.15) is 0 Å². The monoisotopic (exact) mass is 408 g/mol. The summed E-state index contributed by atoms with van der Waals surface area (Å²) in [5.41, 5.74) is 1.14. The number of hydrogen-bond donors (Lipinski definition) is 1. The number of carbonyl (C=O) groups excluding carboxylic acids is 3. The lowest BCUT2D eigenvalue weighted by molar-refractivity contribution is -0.131. The van der Waals surface area contributed by atoms with E-state index in [4.69, 9.17) is 4.74 Å². The summed E-state index contributed by atoms with van der Waals surface area (Å²) >= 11 is 0. The molecule has 2 aromatic rings. The van der Waals surface area contributed by atoms with Crippen molar-refractivity contribution in [1.29, 1.82) is 0 Å². The smallest absolute Gasteiger partial charge is 0.325 e. The molecule has 6 nitrogen and oxygen atoms in total. The summed E-state index contributed by atoms with van der Waals surface area (Å²) in [7, 11) is 1.57. The van der Waals surface area contributed by atoms with Gasteiger partial charge in [0.15, 0.2) is 5.78 Å². The van der Waals surface area contributed by atoms with Gasteiger partial charge < -0.3 is 10.1 Å². The van der Waals surface area contributed by atoms with Crippen molar-refractivity contribution in [1.82, 2.24) is 10.2 Å². The second-order valence-electron chi connectivity index (χ2n) is 7.66. The highest BCUT2D eigenvalue weighted by Crippen LogP contribution is 2.33. The fourth-order valence-corrected chi connectivity index (χ4v) is 3.75. The number of Topliss-reactive ketones (excluding diaryl/α,β-unsaturated/α-hetero) is 1. The maximum absolute atomic E-state index is 13.2. The fourth-order valence-electron chi connectivity index (χ4n) is 3.75. The number of urea groups is 1. The third-order valence-electron chi connectivity index (χ3n) is 6.00. The molecule has 1 N–H and O–H groups in total. The van der Waals surface area contributed by atoms with Crippen LogP contribution in [0.25, 0.3) is 0 Å². The topological polar surface area (TPSA) is 75.7 Å². The van der Waals surface area contributed by atoms with Gasteiger partial charge in [-0.05, 0) is 42.0 Å². The van der Waals surface area contributed by atoms with Crippen molar-refractivity contribution < 1.29 is 19.1 Å². The van der Waals surface area contributed by atoms with Gasteiger partial charge in [-0.25, -0.2) is 4.79 Å². The molecule has 1 fully saturated rings. The van der Waals surface area contributed by atoms with Crippen LogP contribution in [-0.4, -0.2) is 36.3 Å². The highest BCUT2D eigenvalue weighted by atomic mass is 16.5. The average Bonchev–Trinajstić information content (AvgIpc) is 3.03. The molecule has 2 atom stereocenters. The molecule has 0 bridgehead atoms. The Bertz CT molecular complexity index is 937. The molecule has 0 unspecified atom stereocenters. The van der Waals surface area contributed by atoms with E-state index in [0.29, 0.717) is 29.2 Å². The quantitative estimate of drug-likeness (QED) is 0.523. The SMILES string of the molecule is CC[C@@H](C)c1ccc(C(=O)CN2C(=O)N[C@](CC)(c3ccc(OC)cc3)C2=O)cc1. The first kappa shape index (κ1) is 21.6. The van der Waals surface area contributed by atoms with E-state index in [1.165, 1.54) is 0 Å². The molecular formula is C24H28N2O4. The van der Waals surface area contributed by atoms with Crippen molar-refractivity contribution >= 4 is 17.7 Å². The van der Waals surface area contributed by atoms with Crippen molar-refractivity contribution in [2.24, 2.45) is 0 Å². The molecule has 0 aromatic heterocycles. The molecule has 0 spiro atoms. The van der Waals surface area contributed by atoms with E-state index in [2.05, 4.69) is 19.2 Å². The standard InChI is InChI=1S/C24H28N2O4/c1-5-16(3)17-7-9-18(10-8-17)21(27)15-26-22(28)24(6-2,25-23(26)29)19-11-13-20(30-4)14-12-19/h7-14,16H,5-6,15H2,1-4H3,(H,25,29)/t16-,24-/m1/s1. The van der Waals surface area contributed by atoms with E-state index < -0.39 is 17.5 Å². The maximum atomic E-state index is 13.2. The van der Waals surface area contributed by atoms with Gasteiger partial charge in [0.1, 0.15) is 11.3 Å². The first-order chi connectivity index (χ1) is 14.4. The molecule has 30 heavy (non-hydrogen) atoms. The molecule has 1 heterocycles. The van der Waals surface area contributed by atoms with Gasteiger partial charge >= 0.3 is 6.03 Å². The molecule has 0 saturated carbocycles. The minimum atomic E-state index is -1.18. The first-order valence-electron chi connectivity index (χ1n) is 10.3. The predicted octanol–water partition coefficient (Wildman–Crippen LogP) is 4.25. The average molecular weight is 408 g/mol. The van der Waals surface area contributed by atoms with Crippen molar-refractivity contribution in [3.8, 4) is 5.75 Å². The van der Waals surface area contributed by atoms with E-state index in [9.17, 15) is 14.4 Å². The number of imide groups is 1. The van der Waals surface area contributed by atoms with Crippen LogP contribution in [0.4, 0.5) is 4.79 Å². The number of hydrogen-bond acceptors (Lipinski definition) is 4. The van der Waals surface area contributed by atoms with E-state index in [1.54, 1.807) is 43.5 Å². The number of ether oxygens (including phenoxy) is 1. The van der Waals surface area contributed by atoms with E-state index in [-0.39, 0.29) is 12.3 Å². The highest BCUT2D eigenvalue weighted by molar-refractivity contribution is 6.11. The number of carbonyl (C=O) groups is 3. The largest absolute Gasteiger partial charge is 0.497 e. The summed E-state index contributed by atoms with van der Waals surface area (Å²) in [6.07, 6.45) is 1.39. The van der Waals surface area contributed by atoms with Gasteiger partial charge in [0.05, 0.1) is 13.7 Å². The summed E-state index contributed by atoms with van der Waals surface area (Å²) < 4.78 is 5.17. The Hall–Kier alpha value is -3.15. The number of nitrogens with one attached hydrogen (secondary N) is 1. The van der Waals surface area contributed by atoms with Gasteiger partial charge in [-0.15, -0.1) is 0 Å². The van der Waals surface area contributed by atoms with E-state index >= 15 is 0 Å². The third-order valence-corrected chi connectivity index (χ3v) is 6.00. The van der Waals surface area contributed by atoms with Crippen LogP contribution in [0, 0.1) is 0 Å². The Kier molecular flexibility index (Phi) is 6.25. The lowest BCUT2D eigenvalue weighted by Crippen LogP contribution is -2.43. The van der Waals surface area contributed by atoms with Crippen LogP contribution in [0.3, 0.4) is 0 Å². The molecule has 6 heteroatoms. The Morgan fingerprint density at radius 1 is 1.07 bits per heavy atom. The summed E-state index contributed by atoms with van der Waals surface area (Å²) in [5.74, 6) is 0.394. The lowest BCUT2D eigenvalue weighted by atomic mass is 9.87. The molecule has 1 aliphatic heterocycles. The Balaban J connectivity index is 1.80. The summed E-state index contributed by atoms with van der Waals surface area (Å²) in [6, 6.07) is 13.9. The van der Waals surface area contributed by atoms with Gasteiger partial charge in [0, 0.05) is 5.56 Å². The van der Waals surface area contributed by atoms with Crippen LogP contribution in [0.15, 0.2) is 48.5 Å². The normalized spacial score (nSPS) is 19.5. The molecule has 3 rings (SSSR count). The molecule has 158 valence electrons. The van der Waals surface area contributed by atoms with Crippen LogP contribution >= 0.6 is 0 Å².